The zero-order valence-corrected chi connectivity index (χ0v) is 13.3. The zero-order valence-electron chi connectivity index (χ0n) is 13.3. The number of nitrogens with zero attached hydrogens (tertiary/aromatic N) is 2. The van der Waals surface area contributed by atoms with E-state index in [0.717, 1.165) is 19.6 Å². The van der Waals surface area contributed by atoms with Crippen molar-refractivity contribution in [1.29, 1.82) is 0 Å². The highest BCUT2D eigenvalue weighted by Gasteiger charge is 2.26. The number of ether oxygens (including phenoxy) is 2. The number of hydrogen-bond acceptors (Lipinski definition) is 5. The third-order valence-corrected chi connectivity index (χ3v) is 4.11. The van der Waals surface area contributed by atoms with Crippen molar-refractivity contribution in [2.24, 2.45) is 0 Å². The lowest BCUT2D eigenvalue weighted by Gasteiger charge is -2.37. The van der Waals surface area contributed by atoms with Gasteiger partial charge in [-0.3, -0.25) is 4.79 Å². The van der Waals surface area contributed by atoms with Gasteiger partial charge in [-0.05, 0) is 32.3 Å². The molecule has 1 unspecified atom stereocenters. The van der Waals surface area contributed by atoms with Gasteiger partial charge in [0, 0.05) is 32.1 Å². The van der Waals surface area contributed by atoms with Crippen LogP contribution in [0.3, 0.4) is 0 Å². The highest BCUT2D eigenvalue weighted by molar-refractivity contribution is 5.99. The molecule has 1 aromatic carbocycles. The van der Waals surface area contributed by atoms with E-state index in [9.17, 15) is 4.79 Å². The molecule has 1 aliphatic rings. The molecule has 1 fully saturated rings. The molecule has 1 aromatic rings. The van der Waals surface area contributed by atoms with Gasteiger partial charge in [-0.15, -0.1) is 0 Å². The summed E-state index contributed by atoms with van der Waals surface area (Å²) in [4.78, 5) is 17.2. The summed E-state index contributed by atoms with van der Waals surface area (Å²) in [6.45, 7) is 2.95. The third kappa shape index (κ3) is 3.74. The summed E-state index contributed by atoms with van der Waals surface area (Å²) in [5, 5.41) is 0. The highest BCUT2D eigenvalue weighted by Crippen LogP contribution is 2.26. The Morgan fingerprint density at radius 3 is 2.67 bits per heavy atom. The summed E-state index contributed by atoms with van der Waals surface area (Å²) in [5.74, 6) is 1.37. The predicted octanol–water partition coefficient (Wildman–Crippen LogP) is 1.52. The Balaban J connectivity index is 2.15. The third-order valence-electron chi connectivity index (χ3n) is 4.11. The van der Waals surface area contributed by atoms with Gasteiger partial charge in [-0.25, -0.2) is 0 Å². The Morgan fingerprint density at radius 1 is 1.24 bits per heavy atom. The summed E-state index contributed by atoms with van der Waals surface area (Å²) >= 11 is 0. The molecule has 0 amide bonds. The molecule has 116 valence electrons. The Labute approximate surface area is 126 Å². The molecule has 1 heterocycles. The van der Waals surface area contributed by atoms with Gasteiger partial charge in [0.15, 0.2) is 5.78 Å². The minimum atomic E-state index is 0.0953. The van der Waals surface area contributed by atoms with E-state index < -0.39 is 0 Å². The number of hydrogen-bond donors (Lipinski definition) is 0. The van der Waals surface area contributed by atoms with Crippen molar-refractivity contribution in [3.05, 3.63) is 23.8 Å². The van der Waals surface area contributed by atoms with Crippen LogP contribution in [0.2, 0.25) is 0 Å². The fraction of sp³-hybridized carbons (Fsp3) is 0.562. The molecule has 1 aliphatic heterocycles. The molecule has 0 bridgehead atoms. The molecule has 0 spiro atoms. The molecule has 2 rings (SSSR count). The van der Waals surface area contributed by atoms with Gasteiger partial charge in [0.05, 0.1) is 19.8 Å². The summed E-state index contributed by atoms with van der Waals surface area (Å²) in [6.07, 6.45) is 0.490. The van der Waals surface area contributed by atoms with Crippen LogP contribution in [0.4, 0.5) is 0 Å². The van der Waals surface area contributed by atoms with Crippen LogP contribution in [0.1, 0.15) is 16.8 Å². The summed E-state index contributed by atoms with van der Waals surface area (Å²) in [7, 11) is 7.35. The SMILES string of the molecule is COc1ccc(OC)c(C(=O)CC2CN(C)CCN2C)c1. The van der Waals surface area contributed by atoms with Crippen LogP contribution in [-0.4, -0.2) is 69.6 Å². The van der Waals surface area contributed by atoms with Crippen molar-refractivity contribution in [3.63, 3.8) is 0 Å². The van der Waals surface area contributed by atoms with E-state index in [1.165, 1.54) is 0 Å². The second-order valence-corrected chi connectivity index (χ2v) is 5.59. The first-order chi connectivity index (χ1) is 10.0. The maximum absolute atomic E-state index is 12.6. The highest BCUT2D eigenvalue weighted by atomic mass is 16.5. The number of carbonyl (C=O) groups is 1. The fourth-order valence-corrected chi connectivity index (χ4v) is 2.68. The molecule has 1 atom stereocenters. The van der Waals surface area contributed by atoms with Gasteiger partial charge in [0.1, 0.15) is 11.5 Å². The molecule has 1 saturated heterocycles. The van der Waals surface area contributed by atoms with E-state index in [0.29, 0.717) is 23.5 Å². The van der Waals surface area contributed by atoms with Gasteiger partial charge in [0.2, 0.25) is 0 Å². The van der Waals surface area contributed by atoms with Crippen molar-refractivity contribution < 1.29 is 14.3 Å². The number of ketones is 1. The van der Waals surface area contributed by atoms with Crippen LogP contribution in [0.5, 0.6) is 11.5 Å². The van der Waals surface area contributed by atoms with Gasteiger partial charge in [0.25, 0.3) is 0 Å². The smallest absolute Gasteiger partial charge is 0.168 e. The first-order valence-electron chi connectivity index (χ1n) is 7.19. The number of methoxy groups -OCH3 is 2. The van der Waals surface area contributed by atoms with E-state index in [-0.39, 0.29) is 11.8 Å². The molecule has 0 aromatic heterocycles. The van der Waals surface area contributed by atoms with Crippen LogP contribution in [-0.2, 0) is 0 Å². The average molecular weight is 292 g/mol. The van der Waals surface area contributed by atoms with Gasteiger partial charge in [-0.1, -0.05) is 0 Å². The van der Waals surface area contributed by atoms with Crippen molar-refractivity contribution in [1.82, 2.24) is 9.80 Å². The largest absolute Gasteiger partial charge is 0.497 e. The van der Waals surface area contributed by atoms with E-state index in [1.807, 2.05) is 0 Å². The van der Waals surface area contributed by atoms with E-state index in [2.05, 4.69) is 23.9 Å². The minimum absolute atomic E-state index is 0.0953. The second kappa shape index (κ2) is 6.91. The van der Waals surface area contributed by atoms with E-state index in [1.54, 1.807) is 32.4 Å². The number of rotatable bonds is 5. The average Bonchev–Trinajstić information content (AvgIpc) is 2.50. The standard InChI is InChI=1S/C16H24N2O3/c1-17-7-8-18(2)12(11-17)9-15(19)14-10-13(20-3)5-6-16(14)21-4/h5-6,10,12H,7-9,11H2,1-4H3. The minimum Gasteiger partial charge on any atom is -0.497 e. The normalized spacial score (nSPS) is 20.3. The van der Waals surface area contributed by atoms with Crippen LogP contribution < -0.4 is 9.47 Å². The van der Waals surface area contributed by atoms with Gasteiger partial charge in [-0.2, -0.15) is 0 Å². The molecule has 5 heteroatoms. The lowest BCUT2D eigenvalue weighted by atomic mass is 10.00. The number of piperazine rings is 1. The first-order valence-corrected chi connectivity index (χ1v) is 7.19. The Bertz CT molecular complexity index is 504. The van der Waals surface area contributed by atoms with E-state index >= 15 is 0 Å². The van der Waals surface area contributed by atoms with Crippen molar-refractivity contribution >= 4 is 5.78 Å². The molecule has 0 aliphatic carbocycles. The van der Waals surface area contributed by atoms with Crippen LogP contribution >= 0.6 is 0 Å². The molecule has 0 N–H and O–H groups in total. The van der Waals surface area contributed by atoms with Crippen LogP contribution in [0, 0.1) is 0 Å². The Hall–Kier alpha value is -1.59. The van der Waals surface area contributed by atoms with Crippen LogP contribution in [0.25, 0.3) is 0 Å². The maximum Gasteiger partial charge on any atom is 0.168 e. The van der Waals surface area contributed by atoms with Crippen molar-refractivity contribution in [3.8, 4) is 11.5 Å². The lowest BCUT2D eigenvalue weighted by Crippen LogP contribution is -2.50. The van der Waals surface area contributed by atoms with Crippen molar-refractivity contribution in [2.75, 3.05) is 47.9 Å². The van der Waals surface area contributed by atoms with Gasteiger partial charge >= 0.3 is 0 Å². The molecular weight excluding hydrogens is 268 g/mol. The summed E-state index contributed by atoms with van der Waals surface area (Å²) < 4.78 is 10.5. The maximum atomic E-state index is 12.6. The number of carbonyl (C=O) groups excluding carboxylic acids is 1. The zero-order chi connectivity index (χ0) is 15.4. The first kappa shape index (κ1) is 15.8. The lowest BCUT2D eigenvalue weighted by molar-refractivity contribution is 0.0807. The quantitative estimate of drug-likeness (QED) is 0.770. The van der Waals surface area contributed by atoms with E-state index in [4.69, 9.17) is 9.47 Å². The van der Waals surface area contributed by atoms with Crippen LogP contribution in [0.15, 0.2) is 18.2 Å². The topological polar surface area (TPSA) is 42.0 Å². The Kier molecular flexibility index (Phi) is 5.20. The number of benzene rings is 1. The molecule has 0 radical (unpaired) electrons. The molecule has 5 nitrogen and oxygen atoms in total. The predicted molar refractivity (Wildman–Crippen MR) is 82.4 cm³/mol. The number of Topliss-reactive ketones (excluding diaryl/α,β-unsaturated/α-hetero) is 1. The van der Waals surface area contributed by atoms with Gasteiger partial charge < -0.3 is 19.3 Å². The number of likely N-dealkylation sites (N-methyl/N-ethyl adjacent to an activating group) is 2. The Morgan fingerprint density at radius 2 is 2.00 bits per heavy atom. The summed E-state index contributed by atoms with van der Waals surface area (Å²) in [5.41, 5.74) is 0.596. The van der Waals surface area contributed by atoms with Crippen molar-refractivity contribution in [2.45, 2.75) is 12.5 Å². The monoisotopic (exact) mass is 292 g/mol. The molecule has 0 saturated carbocycles. The summed E-state index contributed by atoms with van der Waals surface area (Å²) in [6, 6.07) is 5.58. The molecule has 21 heavy (non-hydrogen) atoms. The fourth-order valence-electron chi connectivity index (χ4n) is 2.68. The molecular formula is C16H24N2O3. The second-order valence-electron chi connectivity index (χ2n) is 5.59.